The average Bonchev–Trinajstić information content (AvgIpc) is 2.91. The second-order valence-corrected chi connectivity index (χ2v) is 10.1. The maximum atomic E-state index is 12.2. The molecule has 0 saturated heterocycles. The first-order valence-corrected chi connectivity index (χ1v) is 10.6. The van der Waals surface area contributed by atoms with E-state index in [1.54, 1.807) is 7.11 Å². The van der Waals surface area contributed by atoms with Gasteiger partial charge in [0.2, 0.25) is 0 Å². The van der Waals surface area contributed by atoms with Crippen LogP contribution in [0, 0.1) is 40.9 Å². The summed E-state index contributed by atoms with van der Waals surface area (Å²) in [4.78, 5) is 12.2. The second-order valence-electron chi connectivity index (χ2n) is 10.1. The molecule has 0 bridgehead atoms. The van der Waals surface area contributed by atoms with Crippen LogP contribution in [0.3, 0.4) is 0 Å². The minimum atomic E-state index is -0.584. The predicted molar refractivity (Wildman–Crippen MR) is 98.1 cm³/mol. The molecule has 0 heterocycles. The summed E-state index contributed by atoms with van der Waals surface area (Å²) in [6.45, 7) is 4.74. The number of aliphatic hydroxyl groups is 1. The molecule has 8 atom stereocenters. The molecule has 4 rings (SSSR count). The van der Waals surface area contributed by atoms with Gasteiger partial charge >= 0.3 is 0 Å². The molecule has 4 aliphatic carbocycles. The Bertz CT molecular complexity index is 531. The fraction of sp³-hybridized carbons (Fsp3) is 0.955. The normalized spacial score (nSPS) is 52.2. The van der Waals surface area contributed by atoms with Crippen LogP contribution in [-0.4, -0.2) is 30.2 Å². The zero-order valence-electron chi connectivity index (χ0n) is 16.3. The average molecular weight is 349 g/mol. The van der Waals surface area contributed by atoms with Gasteiger partial charge in [-0.25, -0.2) is 0 Å². The number of carbonyl (C=O) groups is 1. The Morgan fingerprint density at radius 2 is 1.80 bits per heavy atom. The Morgan fingerprint density at radius 1 is 1.04 bits per heavy atom. The Balaban J connectivity index is 1.51. The summed E-state index contributed by atoms with van der Waals surface area (Å²) >= 11 is 0. The molecule has 3 heteroatoms. The maximum absolute atomic E-state index is 12.2. The van der Waals surface area contributed by atoms with E-state index in [9.17, 15) is 9.90 Å². The summed E-state index contributed by atoms with van der Waals surface area (Å²) in [5.74, 6) is 4.67. The summed E-state index contributed by atoms with van der Waals surface area (Å²) in [5.41, 5.74) is -0.315. The van der Waals surface area contributed by atoms with Gasteiger partial charge in [0.15, 0.2) is 0 Å². The minimum Gasteiger partial charge on any atom is -0.387 e. The third-order valence-corrected chi connectivity index (χ3v) is 9.01. The summed E-state index contributed by atoms with van der Waals surface area (Å²) in [6, 6.07) is 0. The van der Waals surface area contributed by atoms with Crippen molar-refractivity contribution in [2.75, 3.05) is 13.7 Å². The Kier molecular flexibility index (Phi) is 4.56. The van der Waals surface area contributed by atoms with Gasteiger partial charge < -0.3 is 9.84 Å². The van der Waals surface area contributed by atoms with Crippen molar-refractivity contribution in [3.8, 4) is 0 Å². The molecular weight excluding hydrogens is 312 g/mol. The van der Waals surface area contributed by atoms with Crippen LogP contribution in [0.1, 0.15) is 71.6 Å². The van der Waals surface area contributed by atoms with Gasteiger partial charge in [-0.1, -0.05) is 6.92 Å². The smallest absolute Gasteiger partial charge is 0.133 e. The number of fused-ring (bicyclic) bond motifs is 5. The van der Waals surface area contributed by atoms with Crippen LogP contribution < -0.4 is 0 Å². The molecule has 4 aliphatic rings. The molecular formula is C22H36O3. The van der Waals surface area contributed by atoms with Gasteiger partial charge in [0.25, 0.3) is 0 Å². The fourth-order valence-electron chi connectivity index (χ4n) is 8.03. The van der Waals surface area contributed by atoms with E-state index < -0.39 is 5.60 Å². The van der Waals surface area contributed by atoms with Crippen LogP contribution in [0.5, 0.6) is 0 Å². The quantitative estimate of drug-likeness (QED) is 0.830. The van der Waals surface area contributed by atoms with Crippen molar-refractivity contribution in [3.63, 3.8) is 0 Å². The summed E-state index contributed by atoms with van der Waals surface area (Å²) in [7, 11) is 1.70. The zero-order chi connectivity index (χ0) is 17.8. The summed E-state index contributed by atoms with van der Waals surface area (Å²) < 4.78 is 5.29. The molecule has 1 N–H and O–H groups in total. The molecule has 0 spiro atoms. The molecule has 142 valence electrons. The molecule has 0 aromatic heterocycles. The number of hydrogen-bond acceptors (Lipinski definition) is 3. The van der Waals surface area contributed by atoms with Crippen molar-refractivity contribution in [2.45, 2.75) is 77.2 Å². The molecule has 0 aromatic rings. The highest BCUT2D eigenvalue weighted by Crippen LogP contribution is 2.64. The first kappa shape index (κ1) is 18.0. The van der Waals surface area contributed by atoms with E-state index in [2.05, 4.69) is 6.92 Å². The van der Waals surface area contributed by atoms with E-state index in [0.29, 0.717) is 24.2 Å². The summed E-state index contributed by atoms with van der Waals surface area (Å²) in [5, 5.41) is 10.8. The lowest BCUT2D eigenvalue weighted by Gasteiger charge is -2.57. The van der Waals surface area contributed by atoms with Gasteiger partial charge in [-0.3, -0.25) is 4.79 Å². The number of ketones is 1. The lowest BCUT2D eigenvalue weighted by atomic mass is 9.49. The van der Waals surface area contributed by atoms with Crippen molar-refractivity contribution >= 4 is 5.78 Å². The van der Waals surface area contributed by atoms with E-state index in [0.717, 1.165) is 42.9 Å². The third kappa shape index (κ3) is 2.81. The zero-order valence-corrected chi connectivity index (χ0v) is 16.3. The van der Waals surface area contributed by atoms with E-state index in [4.69, 9.17) is 4.74 Å². The van der Waals surface area contributed by atoms with Crippen LogP contribution in [0.15, 0.2) is 0 Å². The maximum Gasteiger partial charge on any atom is 0.133 e. The summed E-state index contributed by atoms with van der Waals surface area (Å²) in [6.07, 6.45) is 10.6. The molecule has 0 aromatic carbocycles. The molecule has 0 aliphatic heterocycles. The van der Waals surface area contributed by atoms with Crippen LogP contribution in [0.4, 0.5) is 0 Å². The molecule has 0 amide bonds. The van der Waals surface area contributed by atoms with Crippen LogP contribution >= 0.6 is 0 Å². The number of hydrogen-bond donors (Lipinski definition) is 1. The van der Waals surface area contributed by atoms with Crippen molar-refractivity contribution in [3.05, 3.63) is 0 Å². The fourth-order valence-corrected chi connectivity index (χ4v) is 8.03. The van der Waals surface area contributed by atoms with Crippen molar-refractivity contribution in [1.82, 2.24) is 0 Å². The minimum absolute atomic E-state index is 0.269. The Morgan fingerprint density at radius 3 is 2.52 bits per heavy atom. The highest BCUT2D eigenvalue weighted by Gasteiger charge is 2.58. The van der Waals surface area contributed by atoms with Gasteiger partial charge in [0, 0.05) is 13.0 Å². The standard InChI is InChI=1S/C22H36O3/c1-14(23)19-6-7-20-18-5-4-15-12-22(24,13-25-3)11-9-16(15)17(18)8-10-21(19,20)2/h15-20,24H,4-13H2,1-3H3/t15-,16?,17?,18+,19+,20?,21+,22+/m0/s1. The van der Waals surface area contributed by atoms with Crippen molar-refractivity contribution in [1.29, 1.82) is 0 Å². The lowest BCUT2D eigenvalue weighted by molar-refractivity contribution is -0.134. The van der Waals surface area contributed by atoms with Gasteiger partial charge in [0.1, 0.15) is 5.78 Å². The van der Waals surface area contributed by atoms with Gasteiger partial charge in [0.05, 0.1) is 12.2 Å². The number of Topliss-reactive ketones (excluding diaryl/α,β-unsaturated/α-hetero) is 1. The highest BCUT2D eigenvalue weighted by molar-refractivity contribution is 5.79. The number of methoxy groups -OCH3 is 1. The molecule has 0 radical (unpaired) electrons. The molecule has 3 unspecified atom stereocenters. The van der Waals surface area contributed by atoms with E-state index in [-0.39, 0.29) is 5.41 Å². The van der Waals surface area contributed by atoms with E-state index >= 15 is 0 Å². The Hall–Kier alpha value is -0.410. The van der Waals surface area contributed by atoms with Crippen LogP contribution in [0.25, 0.3) is 0 Å². The molecule has 25 heavy (non-hydrogen) atoms. The van der Waals surface area contributed by atoms with E-state index in [1.807, 2.05) is 6.92 Å². The van der Waals surface area contributed by atoms with Gasteiger partial charge in [-0.15, -0.1) is 0 Å². The molecule has 4 saturated carbocycles. The lowest BCUT2D eigenvalue weighted by Crippen LogP contribution is -2.52. The third-order valence-electron chi connectivity index (χ3n) is 9.01. The number of ether oxygens (including phenoxy) is 1. The molecule has 3 nitrogen and oxygen atoms in total. The first-order chi connectivity index (χ1) is 11.9. The SMILES string of the molecule is COC[C@@]1(O)CCC2C3CC[C@@]4(C)C(CC[C@@H]4C(C)=O)[C@@H]3CC[C@H]2C1. The molecule has 4 fully saturated rings. The van der Waals surface area contributed by atoms with Crippen LogP contribution in [-0.2, 0) is 9.53 Å². The van der Waals surface area contributed by atoms with Gasteiger partial charge in [-0.2, -0.15) is 0 Å². The van der Waals surface area contributed by atoms with E-state index in [1.165, 1.54) is 38.5 Å². The monoisotopic (exact) mass is 348 g/mol. The van der Waals surface area contributed by atoms with Crippen molar-refractivity contribution in [2.24, 2.45) is 40.9 Å². The Labute approximate surface area is 152 Å². The predicted octanol–water partition coefficient (Wildman–Crippen LogP) is 4.22. The largest absolute Gasteiger partial charge is 0.387 e. The second kappa shape index (κ2) is 6.34. The number of carbonyl (C=O) groups excluding carboxylic acids is 1. The topological polar surface area (TPSA) is 46.5 Å². The highest BCUT2D eigenvalue weighted by atomic mass is 16.5. The van der Waals surface area contributed by atoms with Gasteiger partial charge in [-0.05, 0) is 99.7 Å². The van der Waals surface area contributed by atoms with Crippen LogP contribution in [0.2, 0.25) is 0 Å². The van der Waals surface area contributed by atoms with Crippen molar-refractivity contribution < 1.29 is 14.6 Å². The number of rotatable bonds is 3. The first-order valence-electron chi connectivity index (χ1n) is 10.6.